The van der Waals surface area contributed by atoms with Crippen molar-refractivity contribution in [3.8, 4) is 0 Å². The summed E-state index contributed by atoms with van der Waals surface area (Å²) in [6.45, 7) is 7.03. The maximum atomic E-state index is 12.0. The molecule has 1 saturated heterocycles. The number of hydrogen-bond donors (Lipinski definition) is 2. The molecule has 0 bridgehead atoms. The predicted octanol–water partition coefficient (Wildman–Crippen LogP) is 3.84. The van der Waals surface area contributed by atoms with Crippen molar-refractivity contribution in [3.05, 3.63) is 22.7 Å². The number of nitrogen functional groups attached to an aromatic ring is 1. The molecule has 122 valence electrons. The number of anilines is 2. The van der Waals surface area contributed by atoms with Crippen molar-refractivity contribution >= 4 is 33.4 Å². The molecule has 1 aromatic carbocycles. The predicted molar refractivity (Wildman–Crippen MR) is 93.0 cm³/mol. The van der Waals surface area contributed by atoms with E-state index in [2.05, 4.69) is 21.2 Å². The number of likely N-dealkylation sites (tertiary alicyclic amines) is 1. The molecule has 0 aliphatic carbocycles. The number of piperidine rings is 1. The van der Waals surface area contributed by atoms with Crippen LogP contribution in [0.4, 0.5) is 16.2 Å². The van der Waals surface area contributed by atoms with Crippen LogP contribution in [0.5, 0.6) is 0 Å². The summed E-state index contributed by atoms with van der Waals surface area (Å²) < 4.78 is 6.37. The molecule has 1 aliphatic rings. The lowest BCUT2D eigenvalue weighted by atomic mass is 10.0. The van der Waals surface area contributed by atoms with Gasteiger partial charge in [0.2, 0.25) is 0 Å². The number of nitrogens with two attached hydrogens (primary N) is 1. The van der Waals surface area contributed by atoms with E-state index in [1.54, 1.807) is 4.90 Å². The Morgan fingerprint density at radius 3 is 2.55 bits per heavy atom. The van der Waals surface area contributed by atoms with E-state index in [0.717, 1.165) is 28.7 Å². The van der Waals surface area contributed by atoms with Crippen LogP contribution in [0.1, 0.15) is 33.6 Å². The van der Waals surface area contributed by atoms with E-state index < -0.39 is 5.60 Å². The lowest BCUT2D eigenvalue weighted by molar-refractivity contribution is 0.0210. The first-order chi connectivity index (χ1) is 10.3. The number of para-hydroxylation sites is 1. The van der Waals surface area contributed by atoms with Crippen LogP contribution in [-0.4, -0.2) is 35.7 Å². The SMILES string of the molecule is CC(C)(C)OC(=O)N1CCC(Nc2c(N)cccc2Br)CC1. The highest BCUT2D eigenvalue weighted by molar-refractivity contribution is 9.10. The van der Waals surface area contributed by atoms with Gasteiger partial charge in [-0.05, 0) is 61.7 Å². The van der Waals surface area contributed by atoms with E-state index in [9.17, 15) is 4.79 Å². The van der Waals surface area contributed by atoms with E-state index in [0.29, 0.717) is 19.1 Å². The number of nitrogens with zero attached hydrogens (tertiary/aromatic N) is 1. The Morgan fingerprint density at radius 1 is 1.36 bits per heavy atom. The third-order valence-corrected chi connectivity index (χ3v) is 4.20. The second kappa shape index (κ2) is 6.77. The Hall–Kier alpha value is -1.43. The second-order valence-corrected chi connectivity index (χ2v) is 7.44. The van der Waals surface area contributed by atoms with Gasteiger partial charge in [-0.3, -0.25) is 0 Å². The molecule has 22 heavy (non-hydrogen) atoms. The van der Waals surface area contributed by atoms with Crippen LogP contribution in [0.2, 0.25) is 0 Å². The number of rotatable bonds is 2. The number of carbonyl (C=O) groups is 1. The third-order valence-electron chi connectivity index (χ3n) is 3.54. The van der Waals surface area contributed by atoms with Crippen LogP contribution in [0.15, 0.2) is 22.7 Å². The second-order valence-electron chi connectivity index (χ2n) is 6.59. The maximum Gasteiger partial charge on any atom is 0.410 e. The number of ether oxygens (including phenoxy) is 1. The molecule has 0 spiro atoms. The molecule has 0 unspecified atom stereocenters. The van der Waals surface area contributed by atoms with Gasteiger partial charge in [-0.15, -0.1) is 0 Å². The molecule has 0 atom stereocenters. The molecule has 1 aromatic rings. The molecule has 3 N–H and O–H groups in total. The first-order valence-electron chi connectivity index (χ1n) is 7.55. The molecular formula is C16H24BrN3O2. The van der Waals surface area contributed by atoms with E-state index in [4.69, 9.17) is 10.5 Å². The average molecular weight is 370 g/mol. The molecular weight excluding hydrogens is 346 g/mol. The summed E-state index contributed by atoms with van der Waals surface area (Å²) in [6.07, 6.45) is 1.52. The number of benzene rings is 1. The number of halogens is 1. The summed E-state index contributed by atoms with van der Waals surface area (Å²) in [5.41, 5.74) is 7.21. The Bertz CT molecular complexity index is 514. The van der Waals surface area contributed by atoms with Crippen molar-refractivity contribution < 1.29 is 9.53 Å². The maximum absolute atomic E-state index is 12.0. The molecule has 0 aromatic heterocycles. The monoisotopic (exact) mass is 369 g/mol. The van der Waals surface area contributed by atoms with Crippen LogP contribution >= 0.6 is 15.9 Å². The summed E-state index contributed by atoms with van der Waals surface area (Å²) >= 11 is 3.51. The van der Waals surface area contributed by atoms with Gasteiger partial charge < -0.3 is 20.7 Å². The molecule has 0 radical (unpaired) electrons. The summed E-state index contributed by atoms with van der Waals surface area (Å²) in [5, 5.41) is 3.47. The first-order valence-corrected chi connectivity index (χ1v) is 8.34. The fraction of sp³-hybridized carbons (Fsp3) is 0.562. The van der Waals surface area contributed by atoms with Gasteiger partial charge in [0, 0.05) is 23.6 Å². The van der Waals surface area contributed by atoms with Crippen LogP contribution in [0, 0.1) is 0 Å². The quantitative estimate of drug-likeness (QED) is 0.777. The van der Waals surface area contributed by atoms with E-state index in [1.165, 1.54) is 0 Å². The van der Waals surface area contributed by atoms with Gasteiger partial charge in [0.1, 0.15) is 5.60 Å². The molecule has 0 saturated carbocycles. The standard InChI is InChI=1S/C16H24BrN3O2/c1-16(2,3)22-15(21)20-9-7-11(8-10-20)19-14-12(17)5-4-6-13(14)18/h4-6,11,19H,7-10,18H2,1-3H3. The number of hydrogen-bond acceptors (Lipinski definition) is 4. The van der Waals surface area contributed by atoms with Crippen molar-refractivity contribution in [1.82, 2.24) is 4.90 Å². The zero-order valence-corrected chi connectivity index (χ0v) is 14.9. The minimum atomic E-state index is -0.449. The first kappa shape index (κ1) is 16.9. The average Bonchev–Trinajstić information content (AvgIpc) is 2.42. The van der Waals surface area contributed by atoms with Crippen molar-refractivity contribution in [2.24, 2.45) is 0 Å². The number of carbonyl (C=O) groups excluding carboxylic acids is 1. The normalized spacial score (nSPS) is 16.5. The van der Waals surface area contributed by atoms with E-state index >= 15 is 0 Å². The van der Waals surface area contributed by atoms with Crippen molar-refractivity contribution in [2.45, 2.75) is 45.3 Å². The zero-order valence-electron chi connectivity index (χ0n) is 13.4. The Labute approximate surface area is 140 Å². The summed E-state index contributed by atoms with van der Waals surface area (Å²) in [6, 6.07) is 6.06. The fourth-order valence-electron chi connectivity index (χ4n) is 2.43. The molecule has 1 amide bonds. The molecule has 2 rings (SSSR count). The molecule has 1 heterocycles. The smallest absolute Gasteiger partial charge is 0.410 e. The topological polar surface area (TPSA) is 67.6 Å². The highest BCUT2D eigenvalue weighted by atomic mass is 79.9. The van der Waals surface area contributed by atoms with Crippen LogP contribution in [-0.2, 0) is 4.74 Å². The lowest BCUT2D eigenvalue weighted by Crippen LogP contribution is -2.44. The van der Waals surface area contributed by atoms with Gasteiger partial charge in [0.05, 0.1) is 11.4 Å². The van der Waals surface area contributed by atoms with Gasteiger partial charge in [-0.2, -0.15) is 0 Å². The summed E-state index contributed by atoms with van der Waals surface area (Å²) in [7, 11) is 0. The van der Waals surface area contributed by atoms with E-state index in [-0.39, 0.29) is 6.09 Å². The summed E-state index contributed by atoms with van der Waals surface area (Å²) in [4.78, 5) is 13.8. The largest absolute Gasteiger partial charge is 0.444 e. The Balaban J connectivity index is 1.89. The third kappa shape index (κ3) is 4.53. The zero-order chi connectivity index (χ0) is 16.3. The van der Waals surface area contributed by atoms with Crippen LogP contribution < -0.4 is 11.1 Å². The molecule has 1 aliphatic heterocycles. The summed E-state index contributed by atoms with van der Waals surface area (Å²) in [5.74, 6) is 0. The number of nitrogens with one attached hydrogen (secondary N) is 1. The van der Waals surface area contributed by atoms with Gasteiger partial charge >= 0.3 is 6.09 Å². The van der Waals surface area contributed by atoms with Crippen molar-refractivity contribution in [3.63, 3.8) is 0 Å². The Morgan fingerprint density at radius 2 is 2.00 bits per heavy atom. The highest BCUT2D eigenvalue weighted by Gasteiger charge is 2.27. The minimum Gasteiger partial charge on any atom is -0.444 e. The van der Waals surface area contributed by atoms with E-state index in [1.807, 2.05) is 39.0 Å². The van der Waals surface area contributed by atoms with Crippen LogP contribution in [0.3, 0.4) is 0 Å². The Kier molecular flexibility index (Phi) is 5.21. The van der Waals surface area contributed by atoms with Crippen LogP contribution in [0.25, 0.3) is 0 Å². The van der Waals surface area contributed by atoms with Crippen molar-refractivity contribution in [1.29, 1.82) is 0 Å². The lowest BCUT2D eigenvalue weighted by Gasteiger charge is -2.34. The van der Waals surface area contributed by atoms with Gasteiger partial charge in [0.15, 0.2) is 0 Å². The van der Waals surface area contributed by atoms with Gasteiger partial charge in [-0.1, -0.05) is 6.07 Å². The van der Waals surface area contributed by atoms with Crippen molar-refractivity contribution in [2.75, 3.05) is 24.1 Å². The molecule has 5 nitrogen and oxygen atoms in total. The fourth-order valence-corrected chi connectivity index (χ4v) is 2.93. The molecule has 6 heteroatoms. The number of amides is 1. The van der Waals surface area contributed by atoms with Gasteiger partial charge in [0.25, 0.3) is 0 Å². The molecule has 1 fully saturated rings. The van der Waals surface area contributed by atoms with Gasteiger partial charge in [-0.25, -0.2) is 4.79 Å². The highest BCUT2D eigenvalue weighted by Crippen LogP contribution is 2.30. The minimum absolute atomic E-state index is 0.230.